The van der Waals surface area contributed by atoms with Crippen molar-refractivity contribution in [3.8, 4) is 0 Å². The molecule has 0 saturated heterocycles. The summed E-state index contributed by atoms with van der Waals surface area (Å²) in [4.78, 5) is 0. The fraction of sp³-hybridized carbons (Fsp3) is 0.417. The van der Waals surface area contributed by atoms with Gasteiger partial charge in [-0.15, -0.1) is 0 Å². The van der Waals surface area contributed by atoms with Crippen molar-refractivity contribution in [2.45, 2.75) is 25.7 Å². The first-order valence-corrected chi connectivity index (χ1v) is 4.80. The van der Waals surface area contributed by atoms with Gasteiger partial charge in [-0.1, -0.05) is 31.2 Å². The van der Waals surface area contributed by atoms with Crippen LogP contribution in [0.5, 0.6) is 0 Å². The van der Waals surface area contributed by atoms with Gasteiger partial charge in [-0.05, 0) is 29.9 Å². The van der Waals surface area contributed by atoms with E-state index >= 15 is 0 Å². The maximum atomic E-state index is 12.4. The van der Waals surface area contributed by atoms with Crippen LogP contribution in [0.2, 0.25) is 0 Å². The van der Waals surface area contributed by atoms with E-state index in [4.69, 9.17) is 0 Å². The summed E-state index contributed by atoms with van der Waals surface area (Å²) in [5.41, 5.74) is 2.44. The largest absolute Gasteiger partial charge is 0.250 e. The molecule has 0 aromatic heterocycles. The second kappa shape index (κ2) is 3.49. The first-order valence-electron chi connectivity index (χ1n) is 4.80. The highest BCUT2D eigenvalue weighted by molar-refractivity contribution is 5.36. The number of benzene rings is 1. The number of hydrogen-bond donors (Lipinski definition) is 0. The summed E-state index contributed by atoms with van der Waals surface area (Å²) in [5.74, 6) is 1.59. The maximum Gasteiger partial charge on any atom is 0.0997 e. The van der Waals surface area contributed by atoms with Crippen LogP contribution in [0.3, 0.4) is 0 Å². The summed E-state index contributed by atoms with van der Waals surface area (Å²) in [6, 6.07) is 8.29. The van der Waals surface area contributed by atoms with Gasteiger partial charge >= 0.3 is 0 Å². The fourth-order valence-electron chi connectivity index (χ4n) is 1.55. The van der Waals surface area contributed by atoms with Crippen LogP contribution in [0.1, 0.15) is 36.8 Å². The lowest BCUT2D eigenvalue weighted by atomic mass is 9.99. The first kappa shape index (κ1) is 8.74. The lowest BCUT2D eigenvalue weighted by molar-refractivity contribution is 0.516. The number of alkyl halides is 1. The van der Waals surface area contributed by atoms with Crippen LogP contribution >= 0.6 is 0 Å². The van der Waals surface area contributed by atoms with Gasteiger partial charge in [0.15, 0.2) is 0 Å². The topological polar surface area (TPSA) is 0 Å². The van der Waals surface area contributed by atoms with Crippen molar-refractivity contribution in [3.05, 3.63) is 41.3 Å². The molecule has 0 N–H and O–H groups in total. The van der Waals surface area contributed by atoms with Gasteiger partial charge in [0.25, 0.3) is 0 Å². The van der Waals surface area contributed by atoms with E-state index in [0.29, 0.717) is 0 Å². The molecule has 69 valence electrons. The monoisotopic (exact) mass is 177 g/mol. The Morgan fingerprint density at radius 1 is 1.46 bits per heavy atom. The summed E-state index contributed by atoms with van der Waals surface area (Å²) in [5, 5.41) is 0. The molecule has 1 aliphatic carbocycles. The molecule has 1 aliphatic rings. The van der Waals surface area contributed by atoms with Gasteiger partial charge in [-0.25, -0.2) is 0 Å². The Bertz CT molecular complexity index is 289. The zero-order valence-electron chi connectivity index (χ0n) is 7.89. The molecule has 1 radical (unpaired) electrons. The summed E-state index contributed by atoms with van der Waals surface area (Å²) >= 11 is 0. The highest BCUT2D eigenvalue weighted by Crippen LogP contribution is 2.40. The van der Waals surface area contributed by atoms with E-state index in [1.54, 1.807) is 0 Å². The predicted octanol–water partition coefficient (Wildman–Crippen LogP) is 3.48. The number of halogens is 1. The van der Waals surface area contributed by atoms with Gasteiger partial charge in [0.1, 0.15) is 0 Å². The van der Waals surface area contributed by atoms with Crippen molar-refractivity contribution in [1.82, 2.24) is 0 Å². The van der Waals surface area contributed by atoms with E-state index in [1.807, 2.05) is 19.1 Å². The Morgan fingerprint density at radius 2 is 2.23 bits per heavy atom. The van der Waals surface area contributed by atoms with Crippen LogP contribution in [0, 0.1) is 5.92 Å². The SMILES string of the molecule is C[C](CF)c1cccc(C2CC2)c1. The van der Waals surface area contributed by atoms with Crippen LogP contribution in [0.4, 0.5) is 4.39 Å². The Balaban J connectivity index is 2.21. The van der Waals surface area contributed by atoms with E-state index in [0.717, 1.165) is 17.4 Å². The average Bonchev–Trinajstić information content (AvgIpc) is 3.00. The Morgan fingerprint density at radius 3 is 2.85 bits per heavy atom. The lowest BCUT2D eigenvalue weighted by Gasteiger charge is -2.07. The number of hydrogen-bond acceptors (Lipinski definition) is 0. The number of rotatable bonds is 3. The average molecular weight is 177 g/mol. The molecule has 13 heavy (non-hydrogen) atoms. The molecule has 0 aliphatic heterocycles. The van der Waals surface area contributed by atoms with Gasteiger partial charge in [-0.2, -0.15) is 0 Å². The predicted molar refractivity (Wildman–Crippen MR) is 52.4 cm³/mol. The summed E-state index contributed by atoms with van der Waals surface area (Å²) in [6.07, 6.45) is 2.61. The highest BCUT2D eigenvalue weighted by Gasteiger charge is 2.23. The van der Waals surface area contributed by atoms with Gasteiger partial charge < -0.3 is 0 Å². The second-order valence-electron chi connectivity index (χ2n) is 3.81. The van der Waals surface area contributed by atoms with Crippen LogP contribution < -0.4 is 0 Å². The zero-order chi connectivity index (χ0) is 9.26. The summed E-state index contributed by atoms with van der Waals surface area (Å²) in [6.45, 7) is 1.51. The Hall–Kier alpha value is -0.850. The van der Waals surface area contributed by atoms with Crippen molar-refractivity contribution in [2.75, 3.05) is 6.67 Å². The molecule has 1 saturated carbocycles. The second-order valence-corrected chi connectivity index (χ2v) is 3.81. The van der Waals surface area contributed by atoms with Gasteiger partial charge in [0.2, 0.25) is 0 Å². The standard InChI is InChI=1S/C12H14F/c1-9(8-13)11-3-2-4-12(7-11)10-5-6-10/h2-4,7,10H,5-6,8H2,1H3. The van der Waals surface area contributed by atoms with Gasteiger partial charge in [-0.3, -0.25) is 4.39 Å². The van der Waals surface area contributed by atoms with Crippen molar-refractivity contribution >= 4 is 0 Å². The zero-order valence-corrected chi connectivity index (χ0v) is 7.89. The molecule has 0 nitrogen and oxygen atoms in total. The third-order valence-corrected chi connectivity index (χ3v) is 2.63. The molecule has 0 atom stereocenters. The van der Waals surface area contributed by atoms with E-state index in [-0.39, 0.29) is 6.67 Å². The highest BCUT2D eigenvalue weighted by atomic mass is 19.1. The van der Waals surface area contributed by atoms with Crippen molar-refractivity contribution in [2.24, 2.45) is 0 Å². The van der Waals surface area contributed by atoms with Gasteiger partial charge in [0.05, 0.1) is 6.67 Å². The minimum atomic E-state index is -0.339. The van der Waals surface area contributed by atoms with Crippen molar-refractivity contribution < 1.29 is 4.39 Å². The molecular formula is C12H14F. The molecule has 0 amide bonds. The van der Waals surface area contributed by atoms with Crippen LogP contribution in [0.25, 0.3) is 0 Å². The van der Waals surface area contributed by atoms with E-state index in [1.165, 1.54) is 18.4 Å². The first-order chi connectivity index (χ1) is 6.31. The molecule has 0 unspecified atom stereocenters. The Kier molecular flexibility index (Phi) is 2.34. The molecule has 0 spiro atoms. The molecule has 0 bridgehead atoms. The molecule has 1 aromatic rings. The molecule has 2 rings (SSSR count). The fourth-order valence-corrected chi connectivity index (χ4v) is 1.55. The van der Waals surface area contributed by atoms with Crippen molar-refractivity contribution in [3.63, 3.8) is 0 Å². The summed E-state index contributed by atoms with van der Waals surface area (Å²) in [7, 11) is 0. The van der Waals surface area contributed by atoms with Crippen LogP contribution in [-0.4, -0.2) is 6.67 Å². The maximum absolute atomic E-state index is 12.4. The van der Waals surface area contributed by atoms with Gasteiger partial charge in [0, 0.05) is 5.92 Å². The molecule has 1 fully saturated rings. The normalized spacial score (nSPS) is 16.5. The minimum absolute atomic E-state index is 0.339. The molecule has 1 aromatic carbocycles. The van der Waals surface area contributed by atoms with E-state index in [9.17, 15) is 4.39 Å². The molecule has 1 heteroatoms. The third-order valence-electron chi connectivity index (χ3n) is 2.63. The third kappa shape index (κ3) is 1.90. The van der Waals surface area contributed by atoms with Crippen LogP contribution in [-0.2, 0) is 0 Å². The summed E-state index contributed by atoms with van der Waals surface area (Å²) < 4.78 is 12.4. The van der Waals surface area contributed by atoms with Crippen LogP contribution in [0.15, 0.2) is 24.3 Å². The smallest absolute Gasteiger partial charge is 0.0997 e. The molecule has 0 heterocycles. The minimum Gasteiger partial charge on any atom is -0.250 e. The van der Waals surface area contributed by atoms with E-state index in [2.05, 4.69) is 12.1 Å². The molecular weight excluding hydrogens is 163 g/mol. The van der Waals surface area contributed by atoms with Crippen molar-refractivity contribution in [1.29, 1.82) is 0 Å². The van der Waals surface area contributed by atoms with E-state index < -0.39 is 0 Å². The Labute approximate surface area is 78.8 Å². The lowest BCUT2D eigenvalue weighted by Crippen LogP contribution is -1.96. The quantitative estimate of drug-likeness (QED) is 0.663.